The van der Waals surface area contributed by atoms with E-state index in [0.29, 0.717) is 29.5 Å². The number of carboxylic acid groups (broad SMARTS) is 1. The van der Waals surface area contributed by atoms with Gasteiger partial charge in [-0.15, -0.1) is 0 Å². The Hall–Kier alpha value is -2.81. The Morgan fingerprint density at radius 1 is 1.43 bits per heavy atom. The lowest BCUT2D eigenvalue weighted by Crippen LogP contribution is -2.10. The van der Waals surface area contributed by atoms with Gasteiger partial charge in [-0.3, -0.25) is 0 Å². The minimum absolute atomic E-state index is 0.0439. The first kappa shape index (κ1) is 16.6. The van der Waals surface area contributed by atoms with Gasteiger partial charge in [-0.2, -0.15) is 5.26 Å². The van der Waals surface area contributed by atoms with Crippen molar-refractivity contribution in [2.75, 3.05) is 6.61 Å². The summed E-state index contributed by atoms with van der Waals surface area (Å²) >= 11 is 0. The highest BCUT2D eigenvalue weighted by Crippen LogP contribution is 2.23. The number of hydrogen-bond acceptors (Lipinski definition) is 4. The molecular weight excluding hydrogens is 294 g/mol. The molecule has 120 valence electrons. The third kappa shape index (κ3) is 3.89. The molecule has 1 aromatic heterocycles. The molecule has 0 saturated heterocycles. The van der Waals surface area contributed by atoms with E-state index in [-0.39, 0.29) is 5.69 Å². The van der Waals surface area contributed by atoms with Gasteiger partial charge >= 0.3 is 5.97 Å². The van der Waals surface area contributed by atoms with Crippen molar-refractivity contribution >= 4 is 5.97 Å². The molecule has 0 amide bonds. The molecule has 1 N–H and O–H groups in total. The van der Waals surface area contributed by atoms with Gasteiger partial charge < -0.3 is 14.4 Å². The van der Waals surface area contributed by atoms with Gasteiger partial charge in [0.25, 0.3) is 0 Å². The zero-order chi connectivity index (χ0) is 16.8. The van der Waals surface area contributed by atoms with Gasteiger partial charge in [0.15, 0.2) is 5.69 Å². The zero-order valence-corrected chi connectivity index (χ0v) is 13.2. The number of carboxylic acids is 1. The van der Waals surface area contributed by atoms with E-state index in [9.17, 15) is 10.1 Å². The number of rotatable bonds is 7. The maximum atomic E-state index is 10.9. The van der Waals surface area contributed by atoms with Crippen LogP contribution in [-0.2, 0) is 0 Å². The van der Waals surface area contributed by atoms with Crippen LogP contribution in [0.4, 0.5) is 0 Å². The highest BCUT2D eigenvalue weighted by Gasteiger charge is 2.11. The maximum absolute atomic E-state index is 10.9. The van der Waals surface area contributed by atoms with E-state index in [2.05, 4.69) is 24.9 Å². The molecule has 0 aliphatic carbocycles. The van der Waals surface area contributed by atoms with Crippen LogP contribution in [0.2, 0.25) is 0 Å². The summed E-state index contributed by atoms with van der Waals surface area (Å²) in [6.45, 7) is 4.81. The topological polar surface area (TPSA) is 88.1 Å². The molecule has 0 aliphatic rings. The fourth-order valence-corrected chi connectivity index (χ4v) is 2.20. The molecule has 0 atom stereocenters. The van der Waals surface area contributed by atoms with E-state index in [4.69, 9.17) is 9.84 Å². The number of nitriles is 1. The van der Waals surface area contributed by atoms with Gasteiger partial charge in [0, 0.05) is 11.9 Å². The zero-order valence-electron chi connectivity index (χ0n) is 13.2. The molecular formula is C17H19N3O3. The van der Waals surface area contributed by atoms with E-state index in [1.165, 1.54) is 12.5 Å². The molecule has 0 fully saturated rings. The highest BCUT2D eigenvalue weighted by atomic mass is 16.5. The van der Waals surface area contributed by atoms with E-state index >= 15 is 0 Å². The Morgan fingerprint density at radius 2 is 2.17 bits per heavy atom. The lowest BCUT2D eigenvalue weighted by molar-refractivity contribution is 0.0691. The van der Waals surface area contributed by atoms with Crippen LogP contribution in [-0.4, -0.2) is 27.2 Å². The number of carbonyl (C=O) groups is 1. The standard InChI is InChI=1S/C17H19N3O3/c1-3-12(4-2)10-23-16-6-5-14(7-13(16)8-18)20-9-15(17(21)22)19-11-20/h5-7,9,11-12H,3-4,10H2,1-2H3,(H,21,22). The van der Waals surface area contributed by atoms with Crippen molar-refractivity contribution in [3.63, 3.8) is 0 Å². The third-order valence-corrected chi connectivity index (χ3v) is 3.81. The first-order valence-corrected chi connectivity index (χ1v) is 7.53. The smallest absolute Gasteiger partial charge is 0.356 e. The Morgan fingerprint density at radius 3 is 2.74 bits per heavy atom. The van der Waals surface area contributed by atoms with E-state index < -0.39 is 5.97 Å². The van der Waals surface area contributed by atoms with Gasteiger partial charge in [0.2, 0.25) is 0 Å². The Labute approximate surface area is 135 Å². The summed E-state index contributed by atoms with van der Waals surface area (Å²) in [6, 6.07) is 7.29. The van der Waals surface area contributed by atoms with Crippen LogP contribution in [0.1, 0.15) is 42.7 Å². The molecule has 0 aliphatic heterocycles. The molecule has 6 nitrogen and oxygen atoms in total. The highest BCUT2D eigenvalue weighted by molar-refractivity contribution is 5.85. The quantitative estimate of drug-likeness (QED) is 0.847. The third-order valence-electron chi connectivity index (χ3n) is 3.81. The largest absolute Gasteiger partial charge is 0.492 e. The molecule has 0 unspecified atom stereocenters. The van der Waals surface area contributed by atoms with Crippen molar-refractivity contribution in [1.29, 1.82) is 5.26 Å². The fraction of sp³-hybridized carbons (Fsp3) is 0.353. The van der Waals surface area contributed by atoms with Gasteiger partial charge in [0.05, 0.1) is 12.2 Å². The number of aromatic nitrogens is 2. The van der Waals surface area contributed by atoms with Crippen LogP contribution in [0.15, 0.2) is 30.7 Å². The second kappa shape index (κ2) is 7.45. The van der Waals surface area contributed by atoms with Crippen LogP contribution in [0, 0.1) is 17.2 Å². The molecule has 1 aromatic carbocycles. The predicted molar refractivity (Wildman–Crippen MR) is 84.8 cm³/mol. The Kier molecular flexibility index (Phi) is 5.36. The SMILES string of the molecule is CCC(CC)COc1ccc(-n2cnc(C(=O)O)c2)cc1C#N. The summed E-state index contributed by atoms with van der Waals surface area (Å²) in [5, 5.41) is 18.2. The van der Waals surface area contributed by atoms with Crippen molar-refractivity contribution in [3.05, 3.63) is 42.0 Å². The summed E-state index contributed by atoms with van der Waals surface area (Å²) in [6.07, 6.45) is 4.88. The normalized spacial score (nSPS) is 10.5. The molecule has 0 spiro atoms. The number of imidazole rings is 1. The van der Waals surface area contributed by atoms with Crippen molar-refractivity contribution in [2.24, 2.45) is 5.92 Å². The first-order chi connectivity index (χ1) is 11.1. The lowest BCUT2D eigenvalue weighted by Gasteiger charge is -2.15. The monoisotopic (exact) mass is 313 g/mol. The van der Waals surface area contributed by atoms with E-state index in [0.717, 1.165) is 12.8 Å². The Bertz CT molecular complexity index is 727. The van der Waals surface area contributed by atoms with Crippen LogP contribution < -0.4 is 4.74 Å². The average Bonchev–Trinajstić information content (AvgIpc) is 3.06. The molecule has 6 heteroatoms. The van der Waals surface area contributed by atoms with Crippen LogP contribution in [0.5, 0.6) is 5.75 Å². The van der Waals surface area contributed by atoms with Gasteiger partial charge in [0.1, 0.15) is 18.1 Å². The van der Waals surface area contributed by atoms with Crippen molar-refractivity contribution in [1.82, 2.24) is 9.55 Å². The van der Waals surface area contributed by atoms with Crippen molar-refractivity contribution < 1.29 is 14.6 Å². The first-order valence-electron chi connectivity index (χ1n) is 7.53. The number of benzene rings is 1. The van der Waals surface area contributed by atoms with Gasteiger partial charge in [-0.25, -0.2) is 9.78 Å². The molecule has 2 rings (SSSR count). The summed E-state index contributed by atoms with van der Waals surface area (Å²) in [4.78, 5) is 14.7. The summed E-state index contributed by atoms with van der Waals surface area (Å²) in [7, 11) is 0. The Balaban J connectivity index is 2.22. The van der Waals surface area contributed by atoms with E-state index in [1.807, 2.05) is 0 Å². The summed E-state index contributed by atoms with van der Waals surface area (Å²) < 4.78 is 7.33. The van der Waals surface area contributed by atoms with Crippen LogP contribution >= 0.6 is 0 Å². The lowest BCUT2D eigenvalue weighted by atomic mass is 10.1. The van der Waals surface area contributed by atoms with Crippen molar-refractivity contribution in [2.45, 2.75) is 26.7 Å². The predicted octanol–water partition coefficient (Wildman–Crippen LogP) is 3.26. The molecule has 0 bridgehead atoms. The molecule has 0 radical (unpaired) electrons. The summed E-state index contributed by atoms with van der Waals surface area (Å²) in [5.41, 5.74) is 1.04. The second-order valence-corrected chi connectivity index (χ2v) is 5.26. The maximum Gasteiger partial charge on any atom is 0.356 e. The van der Waals surface area contributed by atoms with E-state index in [1.54, 1.807) is 22.8 Å². The number of aromatic carboxylic acids is 1. The van der Waals surface area contributed by atoms with Crippen molar-refractivity contribution in [3.8, 4) is 17.5 Å². The van der Waals surface area contributed by atoms with Gasteiger partial charge in [-0.1, -0.05) is 26.7 Å². The molecule has 2 aromatic rings. The molecule has 0 saturated carbocycles. The fourth-order valence-electron chi connectivity index (χ4n) is 2.20. The van der Waals surface area contributed by atoms with Crippen LogP contribution in [0.25, 0.3) is 5.69 Å². The number of ether oxygens (including phenoxy) is 1. The average molecular weight is 313 g/mol. The van der Waals surface area contributed by atoms with Crippen LogP contribution in [0.3, 0.4) is 0 Å². The number of hydrogen-bond donors (Lipinski definition) is 1. The second-order valence-electron chi connectivity index (χ2n) is 5.26. The number of nitrogens with zero attached hydrogens (tertiary/aromatic N) is 3. The van der Waals surface area contributed by atoms with Gasteiger partial charge in [-0.05, 0) is 24.1 Å². The molecule has 1 heterocycles. The minimum Gasteiger partial charge on any atom is -0.492 e. The minimum atomic E-state index is -1.09. The molecule has 23 heavy (non-hydrogen) atoms. The summed E-state index contributed by atoms with van der Waals surface area (Å²) in [5.74, 6) is -0.0795.